The van der Waals surface area contributed by atoms with Gasteiger partial charge in [-0.1, -0.05) is 24.6 Å². The van der Waals surface area contributed by atoms with Crippen LogP contribution in [0.2, 0.25) is 5.02 Å². The summed E-state index contributed by atoms with van der Waals surface area (Å²) in [5, 5.41) is 13.3. The molecule has 0 radical (unpaired) electrons. The minimum absolute atomic E-state index is 0.173. The van der Waals surface area contributed by atoms with Crippen LogP contribution in [-0.2, 0) is 6.54 Å². The zero-order chi connectivity index (χ0) is 13.7. The van der Waals surface area contributed by atoms with Crippen LogP contribution in [0.5, 0.6) is 0 Å². The van der Waals surface area contributed by atoms with Gasteiger partial charge < -0.3 is 15.3 Å². The summed E-state index contributed by atoms with van der Waals surface area (Å²) in [7, 11) is 0. The molecule has 1 fully saturated rings. The molecule has 0 unspecified atom stereocenters. The summed E-state index contributed by atoms with van der Waals surface area (Å²) in [4.78, 5) is 2.23. The van der Waals surface area contributed by atoms with E-state index in [1.54, 1.807) is 0 Å². The van der Waals surface area contributed by atoms with Gasteiger partial charge in [0, 0.05) is 19.1 Å². The van der Waals surface area contributed by atoms with E-state index in [0.29, 0.717) is 12.6 Å². The number of nitrogens with one attached hydrogen (secondary N) is 1. The maximum Gasteiger partial charge on any atom is 0.0642 e. The SMILES string of the molecule is CCCNCc1ccc(N(CCO)C2CC2)c(Cl)c1. The normalized spacial score (nSPS) is 14.7. The third-order valence-electron chi connectivity index (χ3n) is 3.41. The lowest BCUT2D eigenvalue weighted by molar-refractivity contribution is 0.301. The summed E-state index contributed by atoms with van der Waals surface area (Å²) in [6, 6.07) is 6.80. The van der Waals surface area contributed by atoms with E-state index in [-0.39, 0.29) is 6.61 Å². The Morgan fingerprint density at radius 3 is 2.79 bits per heavy atom. The molecule has 2 N–H and O–H groups in total. The van der Waals surface area contributed by atoms with Gasteiger partial charge in [-0.05, 0) is 43.5 Å². The molecular weight excluding hydrogens is 260 g/mol. The van der Waals surface area contributed by atoms with Crippen LogP contribution in [0.15, 0.2) is 18.2 Å². The third-order valence-corrected chi connectivity index (χ3v) is 3.71. The molecule has 4 heteroatoms. The van der Waals surface area contributed by atoms with Gasteiger partial charge in [0.25, 0.3) is 0 Å². The fourth-order valence-electron chi connectivity index (χ4n) is 2.30. The van der Waals surface area contributed by atoms with E-state index in [9.17, 15) is 0 Å². The highest BCUT2D eigenvalue weighted by molar-refractivity contribution is 6.33. The van der Waals surface area contributed by atoms with Gasteiger partial charge in [-0.2, -0.15) is 0 Å². The lowest BCUT2D eigenvalue weighted by Crippen LogP contribution is -2.29. The molecule has 1 aliphatic rings. The molecule has 0 saturated heterocycles. The Morgan fingerprint density at radius 1 is 1.42 bits per heavy atom. The highest BCUT2D eigenvalue weighted by atomic mass is 35.5. The molecule has 0 atom stereocenters. The maximum absolute atomic E-state index is 9.17. The Hall–Kier alpha value is -0.770. The first-order chi connectivity index (χ1) is 9.26. The number of aliphatic hydroxyl groups excluding tert-OH is 1. The first-order valence-electron chi connectivity index (χ1n) is 7.13. The van der Waals surface area contributed by atoms with Crippen molar-refractivity contribution < 1.29 is 5.11 Å². The van der Waals surface area contributed by atoms with Crippen molar-refractivity contribution in [3.05, 3.63) is 28.8 Å². The van der Waals surface area contributed by atoms with Crippen LogP contribution in [-0.4, -0.2) is 30.8 Å². The number of benzene rings is 1. The molecule has 2 rings (SSSR count). The van der Waals surface area contributed by atoms with Gasteiger partial charge in [0.15, 0.2) is 0 Å². The average molecular weight is 283 g/mol. The molecule has 0 amide bonds. The molecule has 0 bridgehead atoms. The smallest absolute Gasteiger partial charge is 0.0642 e. The highest BCUT2D eigenvalue weighted by Crippen LogP contribution is 2.35. The van der Waals surface area contributed by atoms with Gasteiger partial charge in [-0.15, -0.1) is 0 Å². The summed E-state index contributed by atoms with van der Waals surface area (Å²) in [6.07, 6.45) is 3.55. The molecule has 0 heterocycles. The Balaban J connectivity index is 2.04. The van der Waals surface area contributed by atoms with Crippen LogP contribution in [0.1, 0.15) is 31.7 Å². The molecule has 19 heavy (non-hydrogen) atoms. The average Bonchev–Trinajstić information content (AvgIpc) is 3.21. The van der Waals surface area contributed by atoms with E-state index in [0.717, 1.165) is 30.2 Å². The number of nitrogens with zero attached hydrogens (tertiary/aromatic N) is 1. The Bertz CT molecular complexity index is 407. The third kappa shape index (κ3) is 4.10. The van der Waals surface area contributed by atoms with E-state index < -0.39 is 0 Å². The number of rotatable bonds is 8. The zero-order valence-corrected chi connectivity index (χ0v) is 12.3. The lowest BCUT2D eigenvalue weighted by atomic mass is 10.2. The summed E-state index contributed by atoms with van der Waals surface area (Å²) in [5.74, 6) is 0. The lowest BCUT2D eigenvalue weighted by Gasteiger charge is -2.25. The van der Waals surface area contributed by atoms with Gasteiger partial charge >= 0.3 is 0 Å². The standard InChI is InChI=1S/C15H23ClN2O/c1-2-7-17-11-12-3-6-15(14(16)10-12)18(8-9-19)13-4-5-13/h3,6,10,13,17,19H,2,4-5,7-9,11H2,1H3. The zero-order valence-electron chi connectivity index (χ0n) is 11.5. The van der Waals surface area contributed by atoms with Crippen molar-refractivity contribution in [3.8, 4) is 0 Å². The number of hydrogen-bond donors (Lipinski definition) is 2. The summed E-state index contributed by atoms with van der Waals surface area (Å²) in [5.41, 5.74) is 2.26. The Morgan fingerprint density at radius 2 is 2.21 bits per heavy atom. The number of halogens is 1. The van der Waals surface area contributed by atoms with E-state index in [1.165, 1.54) is 18.4 Å². The van der Waals surface area contributed by atoms with E-state index >= 15 is 0 Å². The van der Waals surface area contributed by atoms with Crippen LogP contribution in [0.25, 0.3) is 0 Å². The molecule has 1 aromatic rings. The number of aliphatic hydroxyl groups is 1. The van der Waals surface area contributed by atoms with Gasteiger partial charge in [0.05, 0.1) is 17.3 Å². The van der Waals surface area contributed by atoms with Crippen molar-refractivity contribution in [1.29, 1.82) is 0 Å². The Labute approximate surface area is 120 Å². The van der Waals surface area contributed by atoms with Crippen molar-refractivity contribution in [3.63, 3.8) is 0 Å². The van der Waals surface area contributed by atoms with Gasteiger partial charge in [0.1, 0.15) is 0 Å². The topological polar surface area (TPSA) is 35.5 Å². The minimum atomic E-state index is 0.173. The molecule has 106 valence electrons. The van der Waals surface area contributed by atoms with Gasteiger partial charge in [-0.25, -0.2) is 0 Å². The predicted molar refractivity (Wildman–Crippen MR) is 80.9 cm³/mol. The van der Waals surface area contributed by atoms with Crippen LogP contribution in [0, 0.1) is 0 Å². The molecule has 0 aromatic heterocycles. The minimum Gasteiger partial charge on any atom is -0.395 e. The van der Waals surface area contributed by atoms with Crippen LogP contribution < -0.4 is 10.2 Å². The van der Waals surface area contributed by atoms with Gasteiger partial charge in [0.2, 0.25) is 0 Å². The fraction of sp³-hybridized carbons (Fsp3) is 0.600. The van der Waals surface area contributed by atoms with Crippen LogP contribution in [0.4, 0.5) is 5.69 Å². The Kier molecular flexibility index (Phi) is 5.49. The maximum atomic E-state index is 9.17. The molecular formula is C15H23ClN2O. The van der Waals surface area contributed by atoms with Crippen molar-refractivity contribution in [1.82, 2.24) is 5.32 Å². The van der Waals surface area contributed by atoms with Crippen molar-refractivity contribution in [2.75, 3.05) is 24.6 Å². The highest BCUT2D eigenvalue weighted by Gasteiger charge is 2.29. The van der Waals surface area contributed by atoms with Crippen molar-refractivity contribution in [2.45, 2.75) is 38.8 Å². The van der Waals surface area contributed by atoms with E-state index in [4.69, 9.17) is 16.7 Å². The molecule has 0 aliphatic heterocycles. The fourth-order valence-corrected chi connectivity index (χ4v) is 2.61. The molecule has 3 nitrogen and oxygen atoms in total. The molecule has 1 aliphatic carbocycles. The molecule has 0 spiro atoms. The number of anilines is 1. The number of hydrogen-bond acceptors (Lipinski definition) is 3. The van der Waals surface area contributed by atoms with Crippen molar-refractivity contribution in [2.24, 2.45) is 0 Å². The predicted octanol–water partition coefficient (Wildman–Crippen LogP) is 2.80. The second-order valence-corrected chi connectivity index (χ2v) is 5.52. The van der Waals surface area contributed by atoms with Crippen LogP contribution in [0.3, 0.4) is 0 Å². The van der Waals surface area contributed by atoms with Gasteiger partial charge in [-0.3, -0.25) is 0 Å². The first kappa shape index (κ1) is 14.6. The quantitative estimate of drug-likeness (QED) is 0.720. The molecule has 1 aromatic carbocycles. The summed E-state index contributed by atoms with van der Waals surface area (Å²) in [6.45, 7) is 4.88. The second-order valence-electron chi connectivity index (χ2n) is 5.11. The van der Waals surface area contributed by atoms with Crippen LogP contribution >= 0.6 is 11.6 Å². The summed E-state index contributed by atoms with van der Waals surface area (Å²) < 4.78 is 0. The first-order valence-corrected chi connectivity index (χ1v) is 7.50. The largest absolute Gasteiger partial charge is 0.395 e. The van der Waals surface area contributed by atoms with E-state index in [1.807, 2.05) is 6.07 Å². The summed E-state index contributed by atoms with van der Waals surface area (Å²) >= 11 is 6.39. The second kappa shape index (κ2) is 7.13. The van der Waals surface area contributed by atoms with Crippen molar-refractivity contribution >= 4 is 17.3 Å². The molecule has 1 saturated carbocycles. The monoisotopic (exact) mass is 282 g/mol. The van der Waals surface area contributed by atoms with E-state index in [2.05, 4.69) is 29.3 Å².